The van der Waals surface area contributed by atoms with Crippen molar-refractivity contribution in [1.82, 2.24) is 0 Å². The van der Waals surface area contributed by atoms with E-state index in [2.05, 4.69) is 5.32 Å². The van der Waals surface area contributed by atoms with Gasteiger partial charge in [-0.15, -0.1) is 12.4 Å². The zero-order valence-electron chi connectivity index (χ0n) is 13.5. The van der Waals surface area contributed by atoms with Gasteiger partial charge in [0.05, 0.1) is 6.61 Å². The first kappa shape index (κ1) is 18.2. The largest absolute Gasteiger partial charge is 0.376 e. The highest BCUT2D eigenvalue weighted by molar-refractivity contribution is 5.93. The number of carbonyl (C=O) groups excluding carboxylic acids is 1. The lowest BCUT2D eigenvalue weighted by atomic mass is 9.95. The summed E-state index contributed by atoms with van der Waals surface area (Å²) in [6.07, 6.45) is 5.75. The van der Waals surface area contributed by atoms with E-state index in [0.717, 1.165) is 43.0 Å². The van der Waals surface area contributed by atoms with Crippen molar-refractivity contribution in [2.75, 3.05) is 18.5 Å². The monoisotopic (exact) mass is 338 g/mol. The lowest BCUT2D eigenvalue weighted by Gasteiger charge is -2.17. The van der Waals surface area contributed by atoms with E-state index >= 15 is 0 Å². The minimum Gasteiger partial charge on any atom is -0.376 e. The van der Waals surface area contributed by atoms with Gasteiger partial charge in [-0.2, -0.15) is 0 Å². The van der Waals surface area contributed by atoms with Crippen molar-refractivity contribution in [2.24, 2.45) is 23.5 Å². The fourth-order valence-electron chi connectivity index (χ4n) is 3.27. The number of anilines is 1. The molecule has 0 radical (unpaired) electrons. The number of rotatable bonds is 7. The van der Waals surface area contributed by atoms with Gasteiger partial charge in [0.15, 0.2) is 0 Å². The minimum atomic E-state index is 0. The molecule has 2 atom stereocenters. The van der Waals surface area contributed by atoms with Crippen molar-refractivity contribution < 1.29 is 9.53 Å². The van der Waals surface area contributed by atoms with Crippen molar-refractivity contribution in [3.63, 3.8) is 0 Å². The van der Waals surface area contributed by atoms with E-state index in [9.17, 15) is 4.79 Å². The second kappa shape index (κ2) is 8.67. The molecule has 0 aliphatic heterocycles. The molecular formula is C18H27ClN2O2. The van der Waals surface area contributed by atoms with Crippen LogP contribution in [-0.4, -0.2) is 19.1 Å². The van der Waals surface area contributed by atoms with Crippen LogP contribution < -0.4 is 11.1 Å². The Bertz CT molecular complexity index is 519. The predicted octanol–water partition coefficient (Wildman–Crippen LogP) is 3.35. The highest BCUT2D eigenvalue weighted by Crippen LogP contribution is 2.32. The summed E-state index contributed by atoms with van der Waals surface area (Å²) in [4.78, 5) is 12.4. The molecule has 2 aliphatic rings. The molecule has 4 nitrogen and oxygen atoms in total. The fourth-order valence-corrected chi connectivity index (χ4v) is 3.27. The molecule has 0 unspecified atom stereocenters. The zero-order valence-corrected chi connectivity index (χ0v) is 14.3. The topological polar surface area (TPSA) is 64.4 Å². The fraction of sp³-hybridized carbons (Fsp3) is 0.611. The number of amides is 1. The first-order chi connectivity index (χ1) is 10.8. The van der Waals surface area contributed by atoms with E-state index in [0.29, 0.717) is 19.1 Å². The molecule has 1 aromatic carbocycles. The van der Waals surface area contributed by atoms with E-state index in [4.69, 9.17) is 10.5 Å². The number of benzene rings is 1. The van der Waals surface area contributed by atoms with Crippen LogP contribution in [0.5, 0.6) is 0 Å². The molecule has 2 fully saturated rings. The van der Waals surface area contributed by atoms with Gasteiger partial charge in [-0.05, 0) is 61.8 Å². The van der Waals surface area contributed by atoms with E-state index in [1.807, 2.05) is 24.3 Å². The molecule has 3 N–H and O–H groups in total. The summed E-state index contributed by atoms with van der Waals surface area (Å²) in [6, 6.07) is 7.97. The van der Waals surface area contributed by atoms with Gasteiger partial charge in [0.1, 0.15) is 0 Å². The van der Waals surface area contributed by atoms with Gasteiger partial charge in [-0.3, -0.25) is 4.79 Å². The smallest absolute Gasteiger partial charge is 0.227 e. The molecule has 0 bridgehead atoms. The normalized spacial score (nSPS) is 23.3. The Morgan fingerprint density at radius 1 is 1.26 bits per heavy atom. The molecule has 0 heterocycles. The van der Waals surface area contributed by atoms with Crippen molar-refractivity contribution in [3.05, 3.63) is 29.8 Å². The summed E-state index contributed by atoms with van der Waals surface area (Å²) in [6.45, 7) is 2.08. The van der Waals surface area contributed by atoms with Gasteiger partial charge < -0.3 is 15.8 Å². The Morgan fingerprint density at radius 2 is 2.09 bits per heavy atom. The van der Waals surface area contributed by atoms with Crippen LogP contribution in [0.15, 0.2) is 24.3 Å². The van der Waals surface area contributed by atoms with Crippen LogP contribution in [0, 0.1) is 17.8 Å². The van der Waals surface area contributed by atoms with Crippen LogP contribution in [-0.2, 0) is 16.1 Å². The Labute approximate surface area is 144 Å². The summed E-state index contributed by atoms with van der Waals surface area (Å²) in [5.74, 6) is 1.30. The summed E-state index contributed by atoms with van der Waals surface area (Å²) >= 11 is 0. The molecular weight excluding hydrogens is 312 g/mol. The van der Waals surface area contributed by atoms with Gasteiger partial charge in [-0.1, -0.05) is 18.6 Å². The molecule has 3 rings (SSSR count). The first-order valence-corrected chi connectivity index (χ1v) is 8.44. The van der Waals surface area contributed by atoms with Crippen LogP contribution in [0.4, 0.5) is 5.69 Å². The highest BCUT2D eigenvalue weighted by atomic mass is 35.5. The number of carbonyl (C=O) groups is 1. The Hall–Kier alpha value is -1.10. The molecule has 1 aromatic rings. The minimum absolute atomic E-state index is 0. The Balaban J connectivity index is 0.00000192. The summed E-state index contributed by atoms with van der Waals surface area (Å²) in [5, 5.41) is 3.05. The second-order valence-corrected chi connectivity index (χ2v) is 6.68. The van der Waals surface area contributed by atoms with Crippen LogP contribution in [0.1, 0.15) is 37.7 Å². The third kappa shape index (κ3) is 5.20. The quantitative estimate of drug-likeness (QED) is 0.801. The van der Waals surface area contributed by atoms with E-state index in [-0.39, 0.29) is 24.2 Å². The van der Waals surface area contributed by atoms with Crippen molar-refractivity contribution in [1.29, 1.82) is 0 Å². The third-order valence-corrected chi connectivity index (χ3v) is 4.81. The third-order valence-electron chi connectivity index (χ3n) is 4.81. The molecule has 2 aliphatic carbocycles. The van der Waals surface area contributed by atoms with Gasteiger partial charge in [0.2, 0.25) is 5.91 Å². The number of nitrogens with one attached hydrogen (secondary N) is 1. The number of ether oxygens (including phenoxy) is 1. The van der Waals surface area contributed by atoms with Gasteiger partial charge in [0, 0.05) is 18.2 Å². The zero-order chi connectivity index (χ0) is 15.4. The van der Waals surface area contributed by atoms with Gasteiger partial charge >= 0.3 is 0 Å². The lowest BCUT2D eigenvalue weighted by Crippen LogP contribution is -2.29. The van der Waals surface area contributed by atoms with Crippen molar-refractivity contribution in [2.45, 2.75) is 38.7 Å². The molecule has 1 amide bonds. The highest BCUT2D eigenvalue weighted by Gasteiger charge is 2.31. The second-order valence-electron chi connectivity index (χ2n) is 6.68. The molecule has 0 saturated heterocycles. The van der Waals surface area contributed by atoms with Crippen molar-refractivity contribution in [3.8, 4) is 0 Å². The predicted molar refractivity (Wildman–Crippen MR) is 94.6 cm³/mol. The van der Waals surface area contributed by atoms with Crippen LogP contribution in [0.3, 0.4) is 0 Å². The lowest BCUT2D eigenvalue weighted by molar-refractivity contribution is -0.120. The Kier molecular flexibility index (Phi) is 6.88. The first-order valence-electron chi connectivity index (χ1n) is 8.44. The standard InChI is InChI=1S/C18H26N2O2.ClH/c19-10-15-4-2-6-17(15)18(21)20-16-5-1-3-14(9-16)12-22-11-13-7-8-13;/h1,3,5,9,13,15,17H,2,4,6-8,10-12,19H2,(H,20,21);1H/t15-,17-;/m1./s1. The molecule has 0 aromatic heterocycles. The van der Waals surface area contributed by atoms with Crippen LogP contribution in [0.2, 0.25) is 0 Å². The van der Waals surface area contributed by atoms with Crippen LogP contribution >= 0.6 is 12.4 Å². The number of hydrogen-bond acceptors (Lipinski definition) is 3. The molecule has 5 heteroatoms. The number of halogens is 1. The summed E-state index contributed by atoms with van der Waals surface area (Å²) in [5.41, 5.74) is 7.74. The van der Waals surface area contributed by atoms with Crippen molar-refractivity contribution >= 4 is 24.0 Å². The summed E-state index contributed by atoms with van der Waals surface area (Å²) < 4.78 is 5.71. The maximum absolute atomic E-state index is 12.4. The van der Waals surface area contributed by atoms with E-state index in [1.54, 1.807) is 0 Å². The van der Waals surface area contributed by atoms with E-state index in [1.165, 1.54) is 12.8 Å². The maximum Gasteiger partial charge on any atom is 0.227 e. The molecule has 23 heavy (non-hydrogen) atoms. The maximum atomic E-state index is 12.4. The SMILES string of the molecule is Cl.NC[C@H]1CCC[C@H]1C(=O)Nc1cccc(COCC2CC2)c1. The Morgan fingerprint density at radius 3 is 2.83 bits per heavy atom. The number of nitrogens with two attached hydrogens (primary N) is 1. The average molecular weight is 339 g/mol. The molecule has 128 valence electrons. The van der Waals surface area contributed by atoms with E-state index < -0.39 is 0 Å². The van der Waals surface area contributed by atoms with Gasteiger partial charge in [-0.25, -0.2) is 0 Å². The number of hydrogen-bond donors (Lipinski definition) is 2. The van der Waals surface area contributed by atoms with Crippen LogP contribution in [0.25, 0.3) is 0 Å². The molecule has 2 saturated carbocycles. The summed E-state index contributed by atoms with van der Waals surface area (Å²) in [7, 11) is 0. The van der Waals surface area contributed by atoms with Gasteiger partial charge in [0.25, 0.3) is 0 Å². The molecule has 0 spiro atoms. The average Bonchev–Trinajstić information content (AvgIpc) is 3.21.